The molecule has 0 bridgehead atoms. The third-order valence-electron chi connectivity index (χ3n) is 3.78. The minimum atomic E-state index is -0.501. The van der Waals surface area contributed by atoms with E-state index in [0.717, 1.165) is 5.56 Å². The quantitative estimate of drug-likeness (QED) is 0.656. The highest BCUT2D eigenvalue weighted by Gasteiger charge is 2.26. The smallest absolute Gasteiger partial charge is 0.255 e. The van der Waals surface area contributed by atoms with Gasteiger partial charge in [0.15, 0.2) is 0 Å². The number of carbonyl (C=O) groups is 1. The van der Waals surface area contributed by atoms with Crippen LogP contribution < -0.4 is 5.32 Å². The molecular formula is C18H17BrN4O3. The van der Waals surface area contributed by atoms with Gasteiger partial charge in [-0.15, -0.1) is 0 Å². The van der Waals surface area contributed by atoms with Crippen molar-refractivity contribution in [3.63, 3.8) is 0 Å². The predicted octanol–water partition coefficient (Wildman–Crippen LogP) is 3.73. The molecule has 2 aromatic heterocycles. The molecule has 3 rings (SSSR count). The maximum atomic E-state index is 12.6. The molecule has 8 heteroatoms. The molecule has 134 valence electrons. The SMILES string of the molecule is CC(C)[C@H](NC(=O)c1cc(Br)ccc1O)c1nc(-c2cccnc2)no1. The first-order valence-corrected chi connectivity index (χ1v) is 8.78. The largest absolute Gasteiger partial charge is 0.507 e. The summed E-state index contributed by atoms with van der Waals surface area (Å²) in [5, 5.41) is 16.8. The fourth-order valence-electron chi connectivity index (χ4n) is 2.40. The van der Waals surface area contributed by atoms with Crippen LogP contribution in [0.15, 0.2) is 51.7 Å². The lowest BCUT2D eigenvalue weighted by molar-refractivity contribution is 0.0911. The van der Waals surface area contributed by atoms with Gasteiger partial charge in [-0.2, -0.15) is 4.98 Å². The Bertz CT molecular complexity index is 912. The van der Waals surface area contributed by atoms with Gasteiger partial charge in [0.1, 0.15) is 11.8 Å². The minimum Gasteiger partial charge on any atom is -0.507 e. The standard InChI is InChI=1S/C18H17BrN4O3/c1-10(2)15(21-17(25)13-8-12(19)5-6-14(13)24)18-22-16(23-26-18)11-4-3-7-20-9-11/h3-10,15,24H,1-2H3,(H,21,25)/t15-/m0/s1. The van der Waals surface area contributed by atoms with E-state index in [2.05, 4.69) is 36.4 Å². The number of nitrogens with zero attached hydrogens (tertiary/aromatic N) is 3. The molecule has 2 heterocycles. The van der Waals surface area contributed by atoms with Crippen LogP contribution in [0, 0.1) is 5.92 Å². The van der Waals surface area contributed by atoms with Crippen LogP contribution in [0.1, 0.15) is 36.1 Å². The molecule has 26 heavy (non-hydrogen) atoms. The third-order valence-corrected chi connectivity index (χ3v) is 4.28. The number of nitrogens with one attached hydrogen (secondary N) is 1. The van der Waals surface area contributed by atoms with Crippen LogP contribution in [0.4, 0.5) is 0 Å². The maximum Gasteiger partial charge on any atom is 0.255 e. The summed E-state index contributed by atoms with van der Waals surface area (Å²) in [4.78, 5) is 21.0. The predicted molar refractivity (Wildman–Crippen MR) is 98.4 cm³/mol. The Morgan fingerprint density at radius 2 is 2.12 bits per heavy atom. The van der Waals surface area contributed by atoms with E-state index >= 15 is 0 Å². The molecule has 0 radical (unpaired) electrons. The van der Waals surface area contributed by atoms with Crippen molar-refractivity contribution < 1.29 is 14.4 Å². The van der Waals surface area contributed by atoms with Crippen molar-refractivity contribution in [3.8, 4) is 17.1 Å². The zero-order chi connectivity index (χ0) is 18.7. The van der Waals surface area contributed by atoms with Gasteiger partial charge in [0.2, 0.25) is 11.7 Å². The summed E-state index contributed by atoms with van der Waals surface area (Å²) in [6, 6.07) is 7.77. The molecule has 0 unspecified atom stereocenters. The van der Waals surface area contributed by atoms with E-state index in [1.54, 1.807) is 30.6 Å². The van der Waals surface area contributed by atoms with Gasteiger partial charge in [0, 0.05) is 22.4 Å². The highest BCUT2D eigenvalue weighted by atomic mass is 79.9. The van der Waals surface area contributed by atoms with Gasteiger partial charge >= 0.3 is 0 Å². The van der Waals surface area contributed by atoms with Crippen LogP contribution in [0.3, 0.4) is 0 Å². The van der Waals surface area contributed by atoms with Gasteiger partial charge in [-0.25, -0.2) is 0 Å². The van der Waals surface area contributed by atoms with Crippen molar-refractivity contribution in [1.29, 1.82) is 0 Å². The molecule has 0 saturated heterocycles. The molecule has 0 aliphatic rings. The van der Waals surface area contributed by atoms with Crippen molar-refractivity contribution in [1.82, 2.24) is 20.4 Å². The van der Waals surface area contributed by atoms with Gasteiger partial charge in [0.05, 0.1) is 5.56 Å². The summed E-state index contributed by atoms with van der Waals surface area (Å²) in [6.45, 7) is 3.86. The van der Waals surface area contributed by atoms with Crippen molar-refractivity contribution in [2.45, 2.75) is 19.9 Å². The Balaban J connectivity index is 1.85. The molecule has 0 saturated carbocycles. The summed E-state index contributed by atoms with van der Waals surface area (Å²) in [6.07, 6.45) is 3.29. The molecule has 0 fully saturated rings. The number of aromatic nitrogens is 3. The number of hydrogen-bond donors (Lipinski definition) is 2. The first kappa shape index (κ1) is 18.1. The number of halogens is 1. The number of carbonyl (C=O) groups excluding carboxylic acids is 1. The first-order valence-electron chi connectivity index (χ1n) is 7.99. The fourth-order valence-corrected chi connectivity index (χ4v) is 2.76. The van der Waals surface area contributed by atoms with E-state index in [0.29, 0.717) is 16.2 Å². The third kappa shape index (κ3) is 3.91. The molecule has 2 N–H and O–H groups in total. The minimum absolute atomic E-state index is 0.00422. The number of benzene rings is 1. The average molecular weight is 417 g/mol. The number of amides is 1. The van der Waals surface area contributed by atoms with Crippen LogP contribution in [-0.4, -0.2) is 26.1 Å². The molecule has 0 aliphatic heterocycles. The van der Waals surface area contributed by atoms with Crippen LogP contribution >= 0.6 is 15.9 Å². The van der Waals surface area contributed by atoms with E-state index in [1.165, 1.54) is 6.07 Å². The monoisotopic (exact) mass is 416 g/mol. The first-order chi connectivity index (χ1) is 12.5. The van der Waals surface area contributed by atoms with Crippen molar-refractivity contribution in [3.05, 3.63) is 58.7 Å². The molecule has 3 aromatic rings. The van der Waals surface area contributed by atoms with E-state index < -0.39 is 11.9 Å². The van der Waals surface area contributed by atoms with Crippen molar-refractivity contribution in [2.24, 2.45) is 5.92 Å². The molecule has 1 atom stereocenters. The number of hydrogen-bond acceptors (Lipinski definition) is 6. The summed E-state index contributed by atoms with van der Waals surface area (Å²) in [5.41, 5.74) is 0.887. The number of phenols is 1. The Morgan fingerprint density at radius 1 is 1.31 bits per heavy atom. The van der Waals surface area contributed by atoms with E-state index in [4.69, 9.17) is 4.52 Å². The van der Waals surface area contributed by atoms with Crippen molar-refractivity contribution >= 4 is 21.8 Å². The van der Waals surface area contributed by atoms with Crippen LogP contribution in [0.25, 0.3) is 11.4 Å². The summed E-state index contributed by atoms with van der Waals surface area (Å²) in [7, 11) is 0. The molecule has 1 aromatic carbocycles. The Hall–Kier alpha value is -2.74. The lowest BCUT2D eigenvalue weighted by Gasteiger charge is -2.19. The van der Waals surface area contributed by atoms with Gasteiger partial charge in [-0.05, 0) is 36.2 Å². The van der Waals surface area contributed by atoms with E-state index in [-0.39, 0.29) is 17.2 Å². The fraction of sp³-hybridized carbons (Fsp3) is 0.222. The average Bonchev–Trinajstić information content (AvgIpc) is 3.11. The highest BCUT2D eigenvalue weighted by molar-refractivity contribution is 9.10. The van der Waals surface area contributed by atoms with Crippen molar-refractivity contribution in [2.75, 3.05) is 0 Å². The topological polar surface area (TPSA) is 101 Å². The number of aromatic hydroxyl groups is 1. The Morgan fingerprint density at radius 3 is 2.81 bits per heavy atom. The van der Waals surface area contributed by atoms with Crippen LogP contribution in [-0.2, 0) is 0 Å². The Labute approximate surface area is 158 Å². The maximum absolute atomic E-state index is 12.6. The lowest BCUT2D eigenvalue weighted by atomic mass is 10.0. The van der Waals surface area contributed by atoms with E-state index in [1.807, 2.05) is 19.9 Å². The molecular weight excluding hydrogens is 400 g/mol. The summed E-state index contributed by atoms with van der Waals surface area (Å²) >= 11 is 3.30. The molecule has 0 aliphatic carbocycles. The zero-order valence-electron chi connectivity index (χ0n) is 14.2. The Kier molecular flexibility index (Phi) is 5.32. The molecule has 1 amide bonds. The number of phenolic OH excluding ortho intramolecular Hbond substituents is 1. The molecule has 7 nitrogen and oxygen atoms in total. The lowest BCUT2D eigenvalue weighted by Crippen LogP contribution is -2.32. The van der Waals surface area contributed by atoms with Crippen LogP contribution in [0.2, 0.25) is 0 Å². The van der Waals surface area contributed by atoms with Gasteiger partial charge < -0.3 is 14.9 Å². The second-order valence-electron chi connectivity index (χ2n) is 6.05. The van der Waals surface area contributed by atoms with Gasteiger partial charge in [-0.1, -0.05) is 34.9 Å². The normalized spacial score (nSPS) is 12.2. The zero-order valence-corrected chi connectivity index (χ0v) is 15.8. The van der Waals surface area contributed by atoms with E-state index in [9.17, 15) is 9.90 Å². The summed E-state index contributed by atoms with van der Waals surface area (Å²) < 4.78 is 6.05. The number of pyridine rings is 1. The highest BCUT2D eigenvalue weighted by Crippen LogP contribution is 2.26. The molecule has 0 spiro atoms. The number of rotatable bonds is 5. The second kappa shape index (κ2) is 7.65. The van der Waals surface area contributed by atoms with Gasteiger partial charge in [0.25, 0.3) is 5.91 Å². The summed E-state index contributed by atoms with van der Waals surface area (Å²) in [5.74, 6) is 0.161. The second-order valence-corrected chi connectivity index (χ2v) is 6.97. The van der Waals surface area contributed by atoms with Crippen LogP contribution in [0.5, 0.6) is 5.75 Å². The van der Waals surface area contributed by atoms with Gasteiger partial charge in [-0.3, -0.25) is 9.78 Å².